The van der Waals surface area contributed by atoms with E-state index in [1.165, 1.54) is 101 Å². The van der Waals surface area contributed by atoms with Gasteiger partial charge in [-0.25, -0.2) is 0 Å². The van der Waals surface area contributed by atoms with Crippen molar-refractivity contribution in [1.29, 1.82) is 0 Å². The minimum absolute atomic E-state index is 0.174. The lowest BCUT2D eigenvalue weighted by Crippen LogP contribution is -1.96. The summed E-state index contributed by atoms with van der Waals surface area (Å²) in [5, 5.41) is 0. The smallest absolute Gasteiger partial charge is 0.00731 e. The summed E-state index contributed by atoms with van der Waals surface area (Å²) in [6.07, 6.45) is 23.4. The molecule has 0 aliphatic heterocycles. The van der Waals surface area contributed by atoms with Crippen LogP contribution < -0.4 is 0 Å². The van der Waals surface area contributed by atoms with Crippen LogP contribution >= 0.6 is 7.92 Å². The van der Waals surface area contributed by atoms with Crippen molar-refractivity contribution in [2.45, 2.75) is 97.1 Å². The van der Waals surface area contributed by atoms with Crippen molar-refractivity contribution >= 4 is 14.0 Å². The molecule has 1 aromatic carbocycles. The zero-order valence-electron chi connectivity index (χ0n) is 17.6. The molecule has 0 aromatic heterocycles. The van der Waals surface area contributed by atoms with Crippen LogP contribution in [0.15, 0.2) is 30.8 Å². The molecule has 0 heterocycles. The lowest BCUT2D eigenvalue weighted by Gasteiger charge is -2.18. The van der Waals surface area contributed by atoms with E-state index in [9.17, 15) is 0 Å². The summed E-state index contributed by atoms with van der Waals surface area (Å²) < 4.78 is 0. The van der Waals surface area contributed by atoms with Crippen LogP contribution in [0, 0.1) is 0 Å². The molecule has 0 radical (unpaired) electrons. The molecule has 0 N–H and O–H groups in total. The lowest BCUT2D eigenvalue weighted by atomic mass is 10.1. The molecule has 1 aromatic rings. The highest BCUT2D eigenvalue weighted by Crippen LogP contribution is 2.42. The van der Waals surface area contributed by atoms with Gasteiger partial charge in [-0.2, -0.15) is 0 Å². The van der Waals surface area contributed by atoms with Crippen LogP contribution in [-0.4, -0.2) is 12.3 Å². The van der Waals surface area contributed by atoms with Crippen molar-refractivity contribution in [3.63, 3.8) is 0 Å². The quantitative estimate of drug-likeness (QED) is 0.188. The molecular weight excluding hydrogens is 331 g/mol. The van der Waals surface area contributed by atoms with Crippen LogP contribution in [0.3, 0.4) is 0 Å². The Labute approximate surface area is 165 Å². The topological polar surface area (TPSA) is 0 Å². The molecule has 0 atom stereocenters. The molecule has 1 heteroatoms. The molecule has 1 rings (SSSR count). The fraction of sp³-hybridized carbons (Fsp3) is 0.680. The van der Waals surface area contributed by atoms with Gasteiger partial charge in [0.2, 0.25) is 0 Å². The minimum Gasteiger partial charge on any atom is -0.102 e. The molecule has 0 bridgehead atoms. The summed E-state index contributed by atoms with van der Waals surface area (Å²) in [6, 6.07) is 9.11. The highest BCUT2D eigenvalue weighted by atomic mass is 31.1. The SMILES string of the molecule is C=Cc1ccc(CP(CCCCCCCC)CCCCCCCC)cc1. The first kappa shape index (κ1) is 23.4. The third-order valence-electron chi connectivity index (χ3n) is 5.28. The number of rotatable bonds is 17. The van der Waals surface area contributed by atoms with Gasteiger partial charge in [0.1, 0.15) is 0 Å². The molecule has 26 heavy (non-hydrogen) atoms. The molecule has 0 nitrogen and oxygen atoms in total. The van der Waals surface area contributed by atoms with E-state index in [4.69, 9.17) is 0 Å². The largest absolute Gasteiger partial charge is 0.102 e. The maximum absolute atomic E-state index is 3.87. The van der Waals surface area contributed by atoms with E-state index >= 15 is 0 Å². The van der Waals surface area contributed by atoms with E-state index in [0.717, 1.165) is 0 Å². The van der Waals surface area contributed by atoms with E-state index in [1.807, 2.05) is 6.08 Å². The van der Waals surface area contributed by atoms with Crippen molar-refractivity contribution in [3.8, 4) is 0 Å². The maximum Gasteiger partial charge on any atom is -0.00731 e. The van der Waals surface area contributed by atoms with E-state index in [2.05, 4.69) is 44.7 Å². The van der Waals surface area contributed by atoms with E-state index in [-0.39, 0.29) is 7.92 Å². The Morgan fingerprint density at radius 2 is 1.15 bits per heavy atom. The third-order valence-corrected chi connectivity index (χ3v) is 7.99. The Morgan fingerprint density at radius 3 is 1.62 bits per heavy atom. The normalized spacial score (nSPS) is 11.2. The van der Waals surface area contributed by atoms with Crippen molar-refractivity contribution in [1.82, 2.24) is 0 Å². The van der Waals surface area contributed by atoms with Crippen LogP contribution in [0.2, 0.25) is 0 Å². The molecule has 148 valence electrons. The minimum atomic E-state index is 0.174. The fourth-order valence-corrected chi connectivity index (χ4v) is 6.13. The fourth-order valence-electron chi connectivity index (χ4n) is 3.52. The molecule has 0 aliphatic rings. The van der Waals surface area contributed by atoms with Gasteiger partial charge in [0, 0.05) is 0 Å². The van der Waals surface area contributed by atoms with Gasteiger partial charge >= 0.3 is 0 Å². The monoisotopic (exact) mass is 374 g/mol. The van der Waals surface area contributed by atoms with Gasteiger partial charge in [-0.15, -0.1) is 7.92 Å². The van der Waals surface area contributed by atoms with Gasteiger partial charge in [0.15, 0.2) is 0 Å². The standard InChI is InChI=1S/C25H43P/c1-4-7-9-11-13-15-21-26(22-16-14-12-10-8-5-2)23-25-19-17-24(6-3)18-20-25/h6,17-20H,3-5,7-16,21-23H2,1-2H3. The first-order valence-corrected chi connectivity index (χ1v) is 13.1. The predicted octanol–water partition coefficient (Wildman–Crippen LogP) is 9.03. The Hall–Kier alpha value is -0.610. The third kappa shape index (κ3) is 11.9. The van der Waals surface area contributed by atoms with Crippen molar-refractivity contribution in [2.24, 2.45) is 0 Å². The highest BCUT2D eigenvalue weighted by Gasteiger charge is 2.09. The summed E-state index contributed by atoms with van der Waals surface area (Å²) in [5.74, 6) is 0. The molecule has 0 spiro atoms. The predicted molar refractivity (Wildman–Crippen MR) is 124 cm³/mol. The molecule has 0 saturated carbocycles. The first-order chi connectivity index (χ1) is 12.8. The van der Waals surface area contributed by atoms with Crippen LogP contribution in [0.25, 0.3) is 6.08 Å². The number of hydrogen-bond donors (Lipinski definition) is 0. The van der Waals surface area contributed by atoms with Gasteiger partial charge < -0.3 is 0 Å². The van der Waals surface area contributed by atoms with Crippen molar-refractivity contribution in [2.75, 3.05) is 12.3 Å². The zero-order chi connectivity index (χ0) is 18.9. The number of benzene rings is 1. The number of hydrogen-bond acceptors (Lipinski definition) is 0. The Kier molecular flexibility index (Phi) is 14.9. The Bertz CT molecular complexity index is 418. The molecular formula is C25H43P. The summed E-state index contributed by atoms with van der Waals surface area (Å²) >= 11 is 0. The summed E-state index contributed by atoms with van der Waals surface area (Å²) in [4.78, 5) is 0. The second-order valence-corrected chi connectivity index (χ2v) is 10.3. The second kappa shape index (κ2) is 16.6. The van der Waals surface area contributed by atoms with Crippen molar-refractivity contribution < 1.29 is 0 Å². The Balaban J connectivity index is 2.36. The van der Waals surface area contributed by atoms with E-state index in [1.54, 1.807) is 5.56 Å². The van der Waals surface area contributed by atoms with Crippen LogP contribution in [-0.2, 0) is 6.16 Å². The molecule has 0 fully saturated rings. The van der Waals surface area contributed by atoms with E-state index < -0.39 is 0 Å². The van der Waals surface area contributed by atoms with Crippen molar-refractivity contribution in [3.05, 3.63) is 42.0 Å². The summed E-state index contributed by atoms with van der Waals surface area (Å²) in [6.45, 7) is 8.47. The van der Waals surface area contributed by atoms with Crippen LogP contribution in [0.1, 0.15) is 102 Å². The maximum atomic E-state index is 3.87. The highest BCUT2D eigenvalue weighted by molar-refractivity contribution is 7.56. The lowest BCUT2D eigenvalue weighted by molar-refractivity contribution is 0.621. The Morgan fingerprint density at radius 1 is 0.692 bits per heavy atom. The van der Waals surface area contributed by atoms with E-state index in [0.29, 0.717) is 0 Å². The molecule has 0 aliphatic carbocycles. The average molecular weight is 375 g/mol. The van der Waals surface area contributed by atoms with Gasteiger partial charge in [-0.1, -0.05) is 115 Å². The molecule has 0 unspecified atom stereocenters. The first-order valence-electron chi connectivity index (χ1n) is 11.2. The van der Waals surface area contributed by atoms with Gasteiger partial charge in [0.05, 0.1) is 0 Å². The summed E-state index contributed by atoms with van der Waals surface area (Å²) in [7, 11) is 0.174. The zero-order valence-corrected chi connectivity index (χ0v) is 18.5. The summed E-state index contributed by atoms with van der Waals surface area (Å²) in [5.41, 5.74) is 2.78. The van der Waals surface area contributed by atoms with Gasteiger partial charge in [-0.05, 0) is 42.5 Å². The molecule has 0 amide bonds. The van der Waals surface area contributed by atoms with Gasteiger partial charge in [-0.3, -0.25) is 0 Å². The second-order valence-electron chi connectivity index (χ2n) is 7.76. The van der Waals surface area contributed by atoms with Crippen LogP contribution in [0.4, 0.5) is 0 Å². The average Bonchev–Trinajstić information content (AvgIpc) is 2.67. The van der Waals surface area contributed by atoms with Gasteiger partial charge in [0.25, 0.3) is 0 Å². The number of unbranched alkanes of at least 4 members (excludes halogenated alkanes) is 10. The van der Waals surface area contributed by atoms with Crippen LogP contribution in [0.5, 0.6) is 0 Å². The molecule has 0 saturated heterocycles.